The zero-order valence-corrected chi connectivity index (χ0v) is 11.6. The molecule has 3 nitrogen and oxygen atoms in total. The van der Waals surface area contributed by atoms with Crippen LogP contribution in [0.15, 0.2) is 36.4 Å². The summed E-state index contributed by atoms with van der Waals surface area (Å²) < 4.78 is 5.26. The number of hydrogen-bond acceptors (Lipinski definition) is 2. The van der Waals surface area contributed by atoms with E-state index in [9.17, 15) is 4.79 Å². The van der Waals surface area contributed by atoms with Gasteiger partial charge in [0, 0.05) is 13.1 Å². The van der Waals surface area contributed by atoms with Crippen LogP contribution in [0.5, 0.6) is 5.75 Å². The number of rotatable bonds is 3. The summed E-state index contributed by atoms with van der Waals surface area (Å²) in [6.45, 7) is 3.55. The Labute approximate surface area is 114 Å². The molecular formula is C16H21NO2. The van der Waals surface area contributed by atoms with Crippen molar-refractivity contribution in [3.05, 3.63) is 42.0 Å². The molecule has 1 aliphatic heterocycles. The molecule has 0 spiro atoms. The van der Waals surface area contributed by atoms with E-state index in [1.807, 2.05) is 24.0 Å². The van der Waals surface area contributed by atoms with E-state index >= 15 is 0 Å². The van der Waals surface area contributed by atoms with E-state index in [2.05, 4.69) is 12.1 Å². The van der Waals surface area contributed by atoms with E-state index in [0.717, 1.165) is 31.7 Å². The molecule has 1 saturated heterocycles. The standard InChI is InChI=1S/C16H21NO2/c1-3-5-16(18)17-10-8-13(9-11-17)14-6-4-7-15(12-14)19-2/h3-7,12-13H,8-11H2,1-2H3/b5-3+. The minimum absolute atomic E-state index is 0.131. The maximum absolute atomic E-state index is 11.8. The van der Waals surface area contributed by atoms with Crippen LogP contribution in [-0.2, 0) is 4.79 Å². The average Bonchev–Trinajstić information content (AvgIpc) is 2.48. The molecule has 2 rings (SSSR count). The number of piperidine rings is 1. The number of carbonyl (C=O) groups excluding carboxylic acids is 1. The summed E-state index contributed by atoms with van der Waals surface area (Å²) in [4.78, 5) is 13.7. The number of ether oxygens (including phenoxy) is 1. The van der Waals surface area contributed by atoms with Gasteiger partial charge in [-0.3, -0.25) is 4.79 Å². The summed E-state index contributed by atoms with van der Waals surface area (Å²) in [6.07, 6.45) is 5.50. The van der Waals surface area contributed by atoms with Gasteiger partial charge in [0.05, 0.1) is 7.11 Å². The zero-order chi connectivity index (χ0) is 13.7. The average molecular weight is 259 g/mol. The van der Waals surface area contributed by atoms with Crippen LogP contribution in [-0.4, -0.2) is 31.0 Å². The van der Waals surface area contributed by atoms with Gasteiger partial charge >= 0.3 is 0 Å². The number of likely N-dealkylation sites (tertiary alicyclic amines) is 1. The van der Waals surface area contributed by atoms with E-state index in [1.165, 1.54) is 5.56 Å². The summed E-state index contributed by atoms with van der Waals surface area (Å²) in [6, 6.07) is 8.25. The van der Waals surface area contributed by atoms with Crippen molar-refractivity contribution >= 4 is 5.91 Å². The van der Waals surface area contributed by atoms with E-state index in [4.69, 9.17) is 4.74 Å². The molecule has 3 heteroatoms. The predicted molar refractivity (Wildman–Crippen MR) is 76.4 cm³/mol. The van der Waals surface area contributed by atoms with Crippen molar-refractivity contribution < 1.29 is 9.53 Å². The first kappa shape index (κ1) is 13.7. The Bertz CT molecular complexity index is 460. The Hall–Kier alpha value is -1.77. The Morgan fingerprint density at radius 1 is 1.37 bits per heavy atom. The Balaban J connectivity index is 1.97. The van der Waals surface area contributed by atoms with Crippen LogP contribution in [0.1, 0.15) is 31.2 Å². The first-order valence-electron chi connectivity index (χ1n) is 6.80. The number of methoxy groups -OCH3 is 1. The molecule has 1 heterocycles. The summed E-state index contributed by atoms with van der Waals surface area (Å²) in [5.74, 6) is 1.57. The van der Waals surface area contributed by atoms with Gasteiger partial charge in [0.15, 0.2) is 0 Å². The largest absolute Gasteiger partial charge is 0.497 e. The van der Waals surface area contributed by atoms with E-state index in [1.54, 1.807) is 19.3 Å². The van der Waals surface area contributed by atoms with Crippen LogP contribution in [0.4, 0.5) is 0 Å². The molecule has 19 heavy (non-hydrogen) atoms. The minimum Gasteiger partial charge on any atom is -0.497 e. The Morgan fingerprint density at radius 3 is 2.74 bits per heavy atom. The lowest BCUT2D eigenvalue weighted by Crippen LogP contribution is -2.36. The van der Waals surface area contributed by atoms with Crippen molar-refractivity contribution in [1.82, 2.24) is 4.90 Å². The fourth-order valence-corrected chi connectivity index (χ4v) is 2.58. The summed E-state index contributed by atoms with van der Waals surface area (Å²) in [7, 11) is 1.69. The molecule has 0 radical (unpaired) electrons. The van der Waals surface area contributed by atoms with Crippen molar-refractivity contribution in [2.24, 2.45) is 0 Å². The van der Waals surface area contributed by atoms with Gasteiger partial charge in [-0.2, -0.15) is 0 Å². The van der Waals surface area contributed by atoms with Crippen molar-refractivity contribution in [2.75, 3.05) is 20.2 Å². The molecule has 0 unspecified atom stereocenters. The molecule has 1 aromatic rings. The summed E-state index contributed by atoms with van der Waals surface area (Å²) >= 11 is 0. The van der Waals surface area contributed by atoms with Gasteiger partial charge in [-0.25, -0.2) is 0 Å². The normalized spacial score (nSPS) is 16.8. The highest BCUT2D eigenvalue weighted by Crippen LogP contribution is 2.30. The lowest BCUT2D eigenvalue weighted by molar-refractivity contribution is -0.127. The van der Waals surface area contributed by atoms with Crippen molar-refractivity contribution in [3.63, 3.8) is 0 Å². The number of amides is 1. The van der Waals surface area contributed by atoms with E-state index in [-0.39, 0.29) is 5.91 Å². The lowest BCUT2D eigenvalue weighted by Gasteiger charge is -2.31. The molecular weight excluding hydrogens is 238 g/mol. The summed E-state index contributed by atoms with van der Waals surface area (Å²) in [5.41, 5.74) is 1.32. The highest BCUT2D eigenvalue weighted by Gasteiger charge is 2.22. The molecule has 0 atom stereocenters. The zero-order valence-electron chi connectivity index (χ0n) is 11.6. The Morgan fingerprint density at radius 2 is 2.11 bits per heavy atom. The molecule has 0 bridgehead atoms. The molecule has 1 amide bonds. The molecule has 102 valence electrons. The van der Waals surface area contributed by atoms with Gasteiger partial charge in [-0.05, 0) is 49.5 Å². The third kappa shape index (κ3) is 3.37. The highest BCUT2D eigenvalue weighted by molar-refractivity contribution is 5.87. The number of nitrogens with zero attached hydrogens (tertiary/aromatic N) is 1. The van der Waals surface area contributed by atoms with Crippen LogP contribution in [0, 0.1) is 0 Å². The predicted octanol–water partition coefficient (Wildman–Crippen LogP) is 2.98. The topological polar surface area (TPSA) is 29.5 Å². The first-order valence-corrected chi connectivity index (χ1v) is 6.80. The van der Waals surface area contributed by atoms with Crippen molar-refractivity contribution in [1.29, 1.82) is 0 Å². The quantitative estimate of drug-likeness (QED) is 0.781. The first-order chi connectivity index (χ1) is 9.24. The maximum atomic E-state index is 11.8. The SMILES string of the molecule is C/C=C/C(=O)N1CCC(c2cccc(OC)c2)CC1. The van der Waals surface area contributed by atoms with Crippen LogP contribution in [0.2, 0.25) is 0 Å². The third-order valence-electron chi connectivity index (χ3n) is 3.68. The van der Waals surface area contributed by atoms with Crippen LogP contribution >= 0.6 is 0 Å². The fraction of sp³-hybridized carbons (Fsp3) is 0.438. The second kappa shape index (κ2) is 6.41. The number of carbonyl (C=O) groups is 1. The van der Waals surface area contributed by atoms with E-state index in [0.29, 0.717) is 5.92 Å². The Kier molecular flexibility index (Phi) is 4.61. The number of benzene rings is 1. The van der Waals surface area contributed by atoms with Gasteiger partial charge in [0.1, 0.15) is 5.75 Å². The van der Waals surface area contributed by atoms with Gasteiger partial charge in [-0.15, -0.1) is 0 Å². The van der Waals surface area contributed by atoms with Crippen LogP contribution in [0.25, 0.3) is 0 Å². The molecule has 0 aliphatic carbocycles. The van der Waals surface area contributed by atoms with Gasteiger partial charge in [0.2, 0.25) is 5.91 Å². The highest BCUT2D eigenvalue weighted by atomic mass is 16.5. The molecule has 0 N–H and O–H groups in total. The third-order valence-corrected chi connectivity index (χ3v) is 3.68. The van der Waals surface area contributed by atoms with Crippen LogP contribution < -0.4 is 4.74 Å². The second-order valence-electron chi connectivity index (χ2n) is 4.88. The van der Waals surface area contributed by atoms with Crippen molar-refractivity contribution in [2.45, 2.75) is 25.7 Å². The van der Waals surface area contributed by atoms with Gasteiger partial charge < -0.3 is 9.64 Å². The molecule has 0 aromatic heterocycles. The van der Waals surface area contributed by atoms with Crippen molar-refractivity contribution in [3.8, 4) is 5.75 Å². The number of allylic oxidation sites excluding steroid dienone is 1. The summed E-state index contributed by atoms with van der Waals surface area (Å²) in [5, 5.41) is 0. The second-order valence-corrected chi connectivity index (χ2v) is 4.88. The van der Waals surface area contributed by atoms with E-state index < -0.39 is 0 Å². The fourth-order valence-electron chi connectivity index (χ4n) is 2.58. The van der Waals surface area contributed by atoms with Gasteiger partial charge in [0.25, 0.3) is 0 Å². The molecule has 0 saturated carbocycles. The number of hydrogen-bond donors (Lipinski definition) is 0. The molecule has 1 aromatic carbocycles. The molecule has 1 fully saturated rings. The van der Waals surface area contributed by atoms with Gasteiger partial charge in [-0.1, -0.05) is 18.2 Å². The smallest absolute Gasteiger partial charge is 0.246 e. The molecule has 1 aliphatic rings. The van der Waals surface area contributed by atoms with Crippen LogP contribution in [0.3, 0.4) is 0 Å². The lowest BCUT2D eigenvalue weighted by atomic mass is 9.89. The monoisotopic (exact) mass is 259 g/mol. The maximum Gasteiger partial charge on any atom is 0.246 e. The minimum atomic E-state index is 0.131.